The number of nitrogens with zero attached hydrogens (tertiary/aromatic N) is 4. The van der Waals surface area contributed by atoms with E-state index in [-0.39, 0.29) is 34.5 Å². The summed E-state index contributed by atoms with van der Waals surface area (Å²) in [4.78, 5) is 58.9. The molecule has 2 heterocycles. The van der Waals surface area contributed by atoms with E-state index < -0.39 is 23.3 Å². The number of rotatable bonds is 6. The zero-order valence-corrected chi connectivity index (χ0v) is 20.9. The smallest absolute Gasteiger partial charge is 0.304 e. The van der Waals surface area contributed by atoms with Gasteiger partial charge >= 0.3 is 5.69 Å². The number of carbonyl (C=O) groups excluding carboxylic acids is 3. The van der Waals surface area contributed by atoms with Crippen LogP contribution < -0.4 is 5.69 Å². The van der Waals surface area contributed by atoms with Crippen molar-refractivity contribution >= 4 is 17.6 Å². The molecule has 8 nitrogen and oxygen atoms in total. The van der Waals surface area contributed by atoms with Crippen LogP contribution >= 0.6 is 0 Å². The van der Waals surface area contributed by atoms with Crippen molar-refractivity contribution in [2.24, 2.45) is 0 Å². The van der Waals surface area contributed by atoms with Gasteiger partial charge in [0.05, 0.1) is 5.69 Å². The van der Waals surface area contributed by atoms with Gasteiger partial charge in [-0.05, 0) is 61.9 Å². The Morgan fingerprint density at radius 1 is 0.737 bits per heavy atom. The van der Waals surface area contributed by atoms with E-state index in [0.717, 1.165) is 20.6 Å². The minimum Gasteiger partial charge on any atom is -0.304 e. The zero-order chi connectivity index (χ0) is 26.8. The van der Waals surface area contributed by atoms with Crippen LogP contribution in [0.25, 0.3) is 5.69 Å². The molecule has 0 aliphatic rings. The average molecular weight is 505 g/mol. The second-order valence-electron chi connectivity index (χ2n) is 8.67. The molecule has 0 spiro atoms. The van der Waals surface area contributed by atoms with Gasteiger partial charge in [-0.3, -0.25) is 14.4 Å². The maximum Gasteiger partial charge on any atom is 0.343 e. The summed E-state index contributed by atoms with van der Waals surface area (Å²) < 4.78 is 3.63. The van der Waals surface area contributed by atoms with Crippen LogP contribution in [-0.4, -0.2) is 36.3 Å². The first kappa shape index (κ1) is 24.6. The van der Waals surface area contributed by atoms with Crippen LogP contribution in [0, 0.1) is 6.92 Å². The number of carbonyl (C=O) groups is 3. The molecule has 0 bridgehead atoms. The quantitative estimate of drug-likeness (QED) is 0.321. The van der Waals surface area contributed by atoms with Crippen molar-refractivity contribution < 1.29 is 14.4 Å². The van der Waals surface area contributed by atoms with Gasteiger partial charge < -0.3 is 4.57 Å². The summed E-state index contributed by atoms with van der Waals surface area (Å²) >= 11 is 0. The highest BCUT2D eigenvalue weighted by molar-refractivity contribution is 6.13. The van der Waals surface area contributed by atoms with E-state index >= 15 is 0 Å². The molecule has 0 aliphatic heterocycles. The molecule has 0 unspecified atom stereocenters. The Hall–Kier alpha value is -5.11. The summed E-state index contributed by atoms with van der Waals surface area (Å²) in [6.45, 7) is 3.61. The molecule has 188 valence electrons. The molecule has 3 aromatic carbocycles. The van der Waals surface area contributed by atoms with E-state index in [2.05, 4.69) is 4.98 Å². The van der Waals surface area contributed by atoms with Gasteiger partial charge in [-0.1, -0.05) is 43.3 Å². The van der Waals surface area contributed by atoms with Crippen molar-refractivity contribution in [2.75, 3.05) is 0 Å². The Morgan fingerprint density at radius 2 is 1.29 bits per heavy atom. The highest BCUT2D eigenvalue weighted by Crippen LogP contribution is 2.20. The molecule has 38 heavy (non-hydrogen) atoms. The van der Waals surface area contributed by atoms with E-state index in [4.69, 9.17) is 0 Å². The topological polar surface area (TPSA) is 96.0 Å². The maximum atomic E-state index is 13.9. The van der Waals surface area contributed by atoms with Gasteiger partial charge in [0.25, 0.3) is 11.8 Å². The SMILES string of the molecule is CCc1c(C(=O)c2ccc(-n3ccnc3C)cc2)n(C(=O)c2ccccc2)c(=O)n1C(=O)c1ccccc1. The number of imidazole rings is 2. The Balaban J connectivity index is 1.69. The van der Waals surface area contributed by atoms with Crippen LogP contribution in [0.2, 0.25) is 0 Å². The van der Waals surface area contributed by atoms with Gasteiger partial charge in [0.15, 0.2) is 0 Å². The lowest BCUT2D eigenvalue weighted by Crippen LogP contribution is -2.34. The fraction of sp³-hybridized carbons (Fsp3) is 0.100. The first-order chi connectivity index (χ1) is 18.4. The van der Waals surface area contributed by atoms with Gasteiger partial charge in [0.2, 0.25) is 5.78 Å². The Bertz CT molecular complexity index is 1710. The zero-order valence-electron chi connectivity index (χ0n) is 20.9. The minimum absolute atomic E-state index is 0.123. The van der Waals surface area contributed by atoms with Gasteiger partial charge in [-0.15, -0.1) is 0 Å². The molecule has 8 heteroatoms. The average Bonchev–Trinajstić information content (AvgIpc) is 3.52. The van der Waals surface area contributed by atoms with Crippen molar-refractivity contribution in [3.05, 3.63) is 142 Å². The number of benzene rings is 3. The molecule has 0 saturated carbocycles. The van der Waals surface area contributed by atoms with Crippen molar-refractivity contribution in [3.8, 4) is 5.69 Å². The van der Waals surface area contributed by atoms with Crippen LogP contribution in [0.4, 0.5) is 0 Å². The minimum atomic E-state index is -0.876. The third-order valence-electron chi connectivity index (χ3n) is 6.38. The Kier molecular flexibility index (Phi) is 6.53. The van der Waals surface area contributed by atoms with Gasteiger partial charge in [-0.2, -0.15) is 0 Å². The lowest BCUT2D eigenvalue weighted by atomic mass is 10.0. The molecule has 5 rings (SSSR count). The molecule has 0 aliphatic carbocycles. The summed E-state index contributed by atoms with van der Waals surface area (Å²) in [5.41, 5.74) is 0.754. The van der Waals surface area contributed by atoms with Crippen LogP contribution in [0.3, 0.4) is 0 Å². The molecule has 0 amide bonds. The van der Waals surface area contributed by atoms with Gasteiger partial charge in [0.1, 0.15) is 11.5 Å². The molecule has 0 radical (unpaired) electrons. The third-order valence-corrected chi connectivity index (χ3v) is 6.38. The highest BCUT2D eigenvalue weighted by atomic mass is 16.2. The fourth-order valence-electron chi connectivity index (χ4n) is 4.48. The predicted molar refractivity (Wildman–Crippen MR) is 142 cm³/mol. The fourth-order valence-corrected chi connectivity index (χ4v) is 4.48. The van der Waals surface area contributed by atoms with E-state index in [1.165, 1.54) is 0 Å². The lowest BCUT2D eigenvalue weighted by Gasteiger charge is -2.10. The molecule has 0 fully saturated rings. The van der Waals surface area contributed by atoms with Gasteiger partial charge in [-0.25, -0.2) is 18.9 Å². The molecular weight excluding hydrogens is 480 g/mol. The second-order valence-corrected chi connectivity index (χ2v) is 8.67. The molecule has 0 saturated heterocycles. The van der Waals surface area contributed by atoms with Crippen molar-refractivity contribution in [1.29, 1.82) is 0 Å². The van der Waals surface area contributed by atoms with E-state index in [1.807, 2.05) is 17.7 Å². The summed E-state index contributed by atoms with van der Waals surface area (Å²) in [6, 6.07) is 23.3. The number of hydrogen-bond donors (Lipinski definition) is 0. The van der Waals surface area contributed by atoms with Crippen LogP contribution in [-0.2, 0) is 6.42 Å². The monoisotopic (exact) mass is 504 g/mol. The van der Waals surface area contributed by atoms with E-state index in [1.54, 1.807) is 98.0 Å². The Morgan fingerprint density at radius 3 is 1.79 bits per heavy atom. The number of aryl methyl sites for hydroxylation is 1. The lowest BCUT2D eigenvalue weighted by molar-refractivity contribution is 0.0926. The van der Waals surface area contributed by atoms with E-state index in [0.29, 0.717) is 0 Å². The van der Waals surface area contributed by atoms with Crippen molar-refractivity contribution in [1.82, 2.24) is 18.7 Å². The standard InChI is InChI=1S/C30H24N4O4/c1-3-25-26(27(35)21-14-16-24(17-15-21)32-19-18-31-20(32)2)34(29(37)23-12-8-5-9-13-23)30(38)33(25)28(36)22-10-6-4-7-11-22/h4-19H,3H2,1-2H3. The molecule has 5 aromatic rings. The summed E-state index contributed by atoms with van der Waals surface area (Å²) in [7, 11) is 0. The molecule has 2 aromatic heterocycles. The maximum absolute atomic E-state index is 13.9. The van der Waals surface area contributed by atoms with Crippen LogP contribution in [0.5, 0.6) is 0 Å². The highest BCUT2D eigenvalue weighted by Gasteiger charge is 2.31. The number of hydrogen-bond acceptors (Lipinski definition) is 5. The third kappa shape index (κ3) is 4.22. The summed E-state index contributed by atoms with van der Waals surface area (Å²) in [5.74, 6) is -1.03. The van der Waals surface area contributed by atoms with Crippen molar-refractivity contribution in [3.63, 3.8) is 0 Å². The Labute approximate surface area is 218 Å². The van der Waals surface area contributed by atoms with Crippen molar-refractivity contribution in [2.45, 2.75) is 20.3 Å². The van der Waals surface area contributed by atoms with Gasteiger partial charge in [0, 0.05) is 34.8 Å². The molecular formula is C30H24N4O4. The first-order valence-corrected chi connectivity index (χ1v) is 12.1. The number of aromatic nitrogens is 4. The normalized spacial score (nSPS) is 10.9. The number of ketones is 1. The van der Waals surface area contributed by atoms with Crippen LogP contribution in [0.1, 0.15) is 55.2 Å². The molecule has 0 N–H and O–H groups in total. The van der Waals surface area contributed by atoms with Crippen LogP contribution in [0.15, 0.2) is 102 Å². The summed E-state index contributed by atoms with van der Waals surface area (Å²) in [6.07, 6.45) is 3.67. The second kappa shape index (κ2) is 10.1. The summed E-state index contributed by atoms with van der Waals surface area (Å²) in [5, 5.41) is 0. The first-order valence-electron chi connectivity index (χ1n) is 12.1. The van der Waals surface area contributed by atoms with E-state index in [9.17, 15) is 19.2 Å². The largest absolute Gasteiger partial charge is 0.343 e. The predicted octanol–water partition coefficient (Wildman–Crippen LogP) is 4.31. The molecule has 0 atom stereocenters.